The number of quaternary nitrogens is 1. The molecule has 2 rings (SSSR count). The number of rotatable bonds is 3. The molecule has 0 radical (unpaired) electrons. The van der Waals surface area contributed by atoms with E-state index < -0.39 is 0 Å². The summed E-state index contributed by atoms with van der Waals surface area (Å²) in [7, 11) is 0. The first-order valence-corrected chi connectivity index (χ1v) is 6.39. The van der Waals surface area contributed by atoms with Gasteiger partial charge in [-0.25, -0.2) is 9.58 Å². The fourth-order valence-electron chi connectivity index (χ4n) is 2.08. The smallest absolute Gasteiger partial charge is 0.174 e. The van der Waals surface area contributed by atoms with Crippen LogP contribution < -0.4 is 15.2 Å². The normalized spacial score (nSPS) is 18.7. The third-order valence-corrected chi connectivity index (χ3v) is 3.57. The van der Waals surface area contributed by atoms with Crippen LogP contribution in [0.25, 0.3) is 0 Å². The van der Waals surface area contributed by atoms with Crippen LogP contribution in [0.15, 0.2) is 16.9 Å². The van der Waals surface area contributed by atoms with Crippen molar-refractivity contribution >= 4 is 21.6 Å². The Kier molecular flexibility index (Phi) is 3.47. The average Bonchev–Trinajstić information content (AvgIpc) is 2.70. The number of pyridine rings is 1. The first kappa shape index (κ1) is 11.8. The van der Waals surface area contributed by atoms with E-state index in [1.54, 1.807) is 0 Å². The van der Waals surface area contributed by atoms with E-state index in [-0.39, 0.29) is 0 Å². The van der Waals surface area contributed by atoms with Crippen molar-refractivity contribution < 1.29 is 4.74 Å². The number of ether oxygens (including phenoxy) is 1. The number of hydrogen-bond acceptors (Lipinski definition) is 3. The van der Waals surface area contributed by atoms with Gasteiger partial charge in [0.2, 0.25) is 0 Å². The summed E-state index contributed by atoms with van der Waals surface area (Å²) in [4.78, 5) is 4.28. The molecule has 0 unspecified atom stereocenters. The number of aromatic nitrogens is 1. The molecular weight excluding hydrogens is 270 g/mol. The number of halogens is 1. The molecule has 0 bridgehead atoms. The van der Waals surface area contributed by atoms with Gasteiger partial charge in [-0.2, -0.15) is 5.84 Å². The van der Waals surface area contributed by atoms with Crippen LogP contribution in [0, 0.1) is 0 Å². The molecule has 4 nitrogen and oxygen atoms in total. The fraction of sp³-hybridized carbons (Fsp3) is 0.545. The summed E-state index contributed by atoms with van der Waals surface area (Å²) in [6, 6.07) is 1.99. The summed E-state index contributed by atoms with van der Waals surface area (Å²) in [6.07, 6.45) is 4.19. The van der Waals surface area contributed by atoms with Gasteiger partial charge in [0.1, 0.15) is 17.7 Å². The van der Waals surface area contributed by atoms with Crippen LogP contribution in [0.5, 0.6) is 5.75 Å². The maximum atomic E-state index is 6.32. The zero-order valence-electron chi connectivity index (χ0n) is 9.45. The lowest BCUT2D eigenvalue weighted by atomic mass is 10.3. The van der Waals surface area contributed by atoms with Crippen molar-refractivity contribution in [1.82, 2.24) is 9.58 Å². The third-order valence-electron chi connectivity index (χ3n) is 2.97. The van der Waals surface area contributed by atoms with Crippen LogP contribution in [0.2, 0.25) is 0 Å². The Morgan fingerprint density at radius 1 is 1.50 bits per heavy atom. The minimum absolute atomic E-state index is 0.486. The van der Waals surface area contributed by atoms with Crippen LogP contribution in [-0.4, -0.2) is 24.7 Å². The first-order chi connectivity index (χ1) is 7.65. The van der Waals surface area contributed by atoms with Crippen LogP contribution in [0.3, 0.4) is 0 Å². The molecule has 1 aliphatic rings. The predicted molar refractivity (Wildman–Crippen MR) is 68.1 cm³/mol. The van der Waals surface area contributed by atoms with E-state index in [9.17, 15) is 0 Å². The minimum atomic E-state index is 0.486. The van der Waals surface area contributed by atoms with E-state index in [2.05, 4.69) is 20.9 Å². The van der Waals surface area contributed by atoms with Gasteiger partial charge in [-0.3, -0.25) is 0 Å². The Morgan fingerprint density at radius 2 is 2.19 bits per heavy atom. The highest BCUT2D eigenvalue weighted by molar-refractivity contribution is 9.10. The van der Waals surface area contributed by atoms with Crippen molar-refractivity contribution in [3.8, 4) is 5.75 Å². The number of hydrogen-bond donors (Lipinski definition) is 1. The Labute approximate surface area is 104 Å². The Morgan fingerprint density at radius 3 is 2.81 bits per heavy atom. The second-order valence-corrected chi connectivity index (χ2v) is 4.86. The van der Waals surface area contributed by atoms with Crippen molar-refractivity contribution in [3.05, 3.63) is 16.9 Å². The zero-order chi connectivity index (χ0) is 11.6. The summed E-state index contributed by atoms with van der Waals surface area (Å²) < 4.78 is 6.73. The molecule has 0 aliphatic carbocycles. The van der Waals surface area contributed by atoms with Gasteiger partial charge in [-0.05, 0) is 22.9 Å². The fourth-order valence-corrected chi connectivity index (χ4v) is 2.41. The zero-order valence-corrected chi connectivity index (χ0v) is 11.0. The summed E-state index contributed by atoms with van der Waals surface area (Å²) in [5.74, 6) is 7.10. The van der Waals surface area contributed by atoms with Gasteiger partial charge in [0.25, 0.3) is 0 Å². The number of nitrogens with two attached hydrogens (primary N) is 1. The van der Waals surface area contributed by atoms with Gasteiger partial charge in [0.05, 0.1) is 12.8 Å². The molecule has 1 fully saturated rings. The second-order valence-electron chi connectivity index (χ2n) is 4.10. The van der Waals surface area contributed by atoms with Crippen molar-refractivity contribution in [2.75, 3.05) is 19.7 Å². The lowest BCUT2D eigenvalue weighted by Crippen LogP contribution is -2.53. The number of nitrogens with zero attached hydrogens (tertiary/aromatic N) is 2. The van der Waals surface area contributed by atoms with Gasteiger partial charge >= 0.3 is 0 Å². The van der Waals surface area contributed by atoms with E-state index in [1.807, 2.05) is 19.2 Å². The molecule has 88 valence electrons. The molecule has 1 aromatic rings. The van der Waals surface area contributed by atoms with E-state index in [0.29, 0.717) is 11.2 Å². The molecule has 1 aromatic heterocycles. The van der Waals surface area contributed by atoms with Crippen molar-refractivity contribution in [1.29, 1.82) is 0 Å². The maximum absolute atomic E-state index is 6.32. The standard InChI is InChI=1S/C11H17BrN3O/c1-2-16-10-7-9(8-14-11(10)12)15(13)5-3-4-6-15/h7-8H,2-6,13H2,1H3/q+1. The van der Waals surface area contributed by atoms with Crippen molar-refractivity contribution in [2.24, 2.45) is 5.84 Å². The summed E-state index contributed by atoms with van der Waals surface area (Å²) in [6.45, 7) is 4.56. The molecule has 0 saturated carbocycles. The van der Waals surface area contributed by atoms with E-state index in [1.165, 1.54) is 12.8 Å². The summed E-state index contributed by atoms with van der Waals surface area (Å²) >= 11 is 3.37. The molecule has 2 N–H and O–H groups in total. The second kappa shape index (κ2) is 4.69. The lowest BCUT2D eigenvalue weighted by Gasteiger charge is -2.26. The van der Waals surface area contributed by atoms with Gasteiger partial charge in [-0.15, -0.1) is 0 Å². The topological polar surface area (TPSA) is 48.1 Å². The predicted octanol–water partition coefficient (Wildman–Crippen LogP) is 2.22. The largest absolute Gasteiger partial charge is 0.491 e. The summed E-state index contributed by atoms with van der Waals surface area (Å²) in [5, 5.41) is 0. The third kappa shape index (κ3) is 2.21. The average molecular weight is 287 g/mol. The van der Waals surface area contributed by atoms with Crippen molar-refractivity contribution in [2.45, 2.75) is 19.8 Å². The van der Waals surface area contributed by atoms with Gasteiger partial charge in [0, 0.05) is 18.9 Å². The molecule has 0 amide bonds. The van der Waals surface area contributed by atoms with Crippen molar-refractivity contribution in [3.63, 3.8) is 0 Å². The van der Waals surface area contributed by atoms with Gasteiger partial charge < -0.3 is 4.74 Å². The van der Waals surface area contributed by atoms with Crippen LogP contribution in [0.4, 0.5) is 5.69 Å². The molecule has 1 aliphatic heterocycles. The first-order valence-electron chi connectivity index (χ1n) is 5.60. The van der Waals surface area contributed by atoms with Crippen LogP contribution in [-0.2, 0) is 0 Å². The Bertz CT molecular complexity index is 377. The van der Waals surface area contributed by atoms with Crippen LogP contribution in [0.1, 0.15) is 19.8 Å². The quantitative estimate of drug-likeness (QED) is 0.527. The van der Waals surface area contributed by atoms with E-state index >= 15 is 0 Å². The Balaban J connectivity index is 2.31. The minimum Gasteiger partial charge on any atom is -0.491 e. The maximum Gasteiger partial charge on any atom is 0.174 e. The highest BCUT2D eigenvalue weighted by Gasteiger charge is 2.32. The molecule has 0 spiro atoms. The van der Waals surface area contributed by atoms with E-state index in [4.69, 9.17) is 10.6 Å². The van der Waals surface area contributed by atoms with Gasteiger partial charge in [-0.1, -0.05) is 0 Å². The van der Waals surface area contributed by atoms with Crippen LogP contribution >= 0.6 is 15.9 Å². The monoisotopic (exact) mass is 286 g/mol. The SMILES string of the molecule is CCOc1cc([N+]2(N)CCCC2)cnc1Br. The molecule has 2 heterocycles. The molecule has 5 heteroatoms. The lowest BCUT2D eigenvalue weighted by molar-refractivity contribution is 0.325. The molecule has 16 heavy (non-hydrogen) atoms. The molecule has 1 saturated heterocycles. The van der Waals surface area contributed by atoms with Gasteiger partial charge in [0.15, 0.2) is 11.4 Å². The Hall–Kier alpha value is -0.650. The molecule has 0 atom stereocenters. The summed E-state index contributed by atoms with van der Waals surface area (Å²) in [5.41, 5.74) is 1.03. The molecular formula is C11H17BrN3O+. The molecule has 0 aromatic carbocycles. The highest BCUT2D eigenvalue weighted by atomic mass is 79.9. The van der Waals surface area contributed by atoms with E-state index in [0.717, 1.165) is 29.1 Å². The highest BCUT2D eigenvalue weighted by Crippen LogP contribution is 2.31.